The van der Waals surface area contributed by atoms with Crippen LogP contribution >= 0.6 is 0 Å². The molecule has 0 spiro atoms. The van der Waals surface area contributed by atoms with E-state index in [2.05, 4.69) is 4.98 Å². The highest BCUT2D eigenvalue weighted by Crippen LogP contribution is 2.33. The van der Waals surface area contributed by atoms with Crippen molar-refractivity contribution in [1.82, 2.24) is 9.88 Å². The summed E-state index contributed by atoms with van der Waals surface area (Å²) in [6, 6.07) is 10.9. The molecule has 1 aromatic carbocycles. The molecule has 5 nitrogen and oxygen atoms in total. The monoisotopic (exact) mass is 326 g/mol. The second kappa shape index (κ2) is 7.01. The fourth-order valence-electron chi connectivity index (χ4n) is 2.78. The zero-order valence-corrected chi connectivity index (χ0v) is 14.0. The number of hydrogen-bond donors (Lipinski definition) is 1. The van der Waals surface area contributed by atoms with E-state index < -0.39 is 6.10 Å². The van der Waals surface area contributed by atoms with Crippen molar-refractivity contribution in [2.24, 2.45) is 5.92 Å². The molecule has 0 radical (unpaired) electrons. The Hall–Kier alpha value is -2.40. The van der Waals surface area contributed by atoms with Crippen LogP contribution in [0.2, 0.25) is 0 Å². The molecule has 24 heavy (non-hydrogen) atoms. The molecule has 126 valence electrons. The van der Waals surface area contributed by atoms with Gasteiger partial charge in [-0.05, 0) is 49.1 Å². The number of carbonyl (C=O) groups is 1. The average molecular weight is 326 g/mol. The second-order valence-corrected chi connectivity index (χ2v) is 6.22. The highest BCUT2D eigenvalue weighted by Gasteiger charge is 2.31. The number of aromatic nitrogens is 1. The van der Waals surface area contributed by atoms with E-state index in [4.69, 9.17) is 4.74 Å². The molecule has 1 heterocycles. The minimum Gasteiger partial charge on any atom is -0.496 e. The topological polar surface area (TPSA) is 62.7 Å². The van der Waals surface area contributed by atoms with Crippen molar-refractivity contribution in [1.29, 1.82) is 0 Å². The molecule has 1 aliphatic rings. The Kier molecular flexibility index (Phi) is 4.81. The van der Waals surface area contributed by atoms with Gasteiger partial charge < -0.3 is 14.7 Å². The summed E-state index contributed by atoms with van der Waals surface area (Å²) >= 11 is 0. The zero-order chi connectivity index (χ0) is 17.1. The van der Waals surface area contributed by atoms with Crippen LogP contribution in [0.25, 0.3) is 11.3 Å². The van der Waals surface area contributed by atoms with Gasteiger partial charge in [0.25, 0.3) is 5.91 Å². The van der Waals surface area contributed by atoms with Gasteiger partial charge in [0.1, 0.15) is 5.75 Å². The molecule has 3 rings (SSSR count). The molecule has 0 aliphatic heterocycles. The van der Waals surface area contributed by atoms with Gasteiger partial charge in [0.05, 0.1) is 18.9 Å². The standard InChI is InChI=1S/C19H22N2O3/c1-21(12-17(22)13-6-7-13)19(23)14-8-9-18(24-2)15(11-14)16-5-3-4-10-20-16/h3-5,8-11,13,17,22H,6-7,12H2,1-2H3. The predicted molar refractivity (Wildman–Crippen MR) is 91.9 cm³/mol. The Morgan fingerprint density at radius 2 is 2.17 bits per heavy atom. The minimum absolute atomic E-state index is 0.116. The summed E-state index contributed by atoms with van der Waals surface area (Å²) < 4.78 is 5.39. The molecular formula is C19H22N2O3. The maximum atomic E-state index is 12.7. The van der Waals surface area contributed by atoms with Gasteiger partial charge in [-0.15, -0.1) is 0 Å². The molecule has 1 saturated carbocycles. The lowest BCUT2D eigenvalue weighted by Crippen LogP contribution is -2.35. The number of methoxy groups -OCH3 is 1. The van der Waals surface area contributed by atoms with E-state index >= 15 is 0 Å². The van der Waals surface area contributed by atoms with Crippen molar-refractivity contribution in [2.45, 2.75) is 18.9 Å². The van der Waals surface area contributed by atoms with Crippen molar-refractivity contribution in [3.8, 4) is 17.0 Å². The van der Waals surface area contributed by atoms with Crippen LogP contribution in [0.3, 0.4) is 0 Å². The number of nitrogens with zero attached hydrogens (tertiary/aromatic N) is 2. The van der Waals surface area contributed by atoms with E-state index in [9.17, 15) is 9.90 Å². The smallest absolute Gasteiger partial charge is 0.253 e. The number of hydrogen-bond acceptors (Lipinski definition) is 4. The SMILES string of the molecule is COc1ccc(C(=O)N(C)CC(O)C2CC2)cc1-c1ccccn1. The number of ether oxygens (including phenoxy) is 1. The zero-order valence-electron chi connectivity index (χ0n) is 14.0. The van der Waals surface area contributed by atoms with Gasteiger partial charge in [-0.3, -0.25) is 9.78 Å². The van der Waals surface area contributed by atoms with Gasteiger partial charge in [0.2, 0.25) is 0 Å². The number of likely N-dealkylation sites (N-methyl/N-ethyl adjacent to an activating group) is 1. The molecule has 1 atom stereocenters. The third-order valence-corrected chi connectivity index (χ3v) is 4.36. The first-order valence-electron chi connectivity index (χ1n) is 8.13. The van der Waals surface area contributed by atoms with E-state index in [-0.39, 0.29) is 5.91 Å². The van der Waals surface area contributed by atoms with Crippen LogP contribution in [-0.2, 0) is 0 Å². The Labute approximate surface area is 141 Å². The molecule has 1 unspecified atom stereocenters. The fourth-order valence-corrected chi connectivity index (χ4v) is 2.78. The Morgan fingerprint density at radius 3 is 2.79 bits per heavy atom. The third-order valence-electron chi connectivity index (χ3n) is 4.36. The van der Waals surface area contributed by atoms with Crippen LogP contribution in [0.1, 0.15) is 23.2 Å². The molecule has 1 fully saturated rings. The van der Waals surface area contributed by atoms with Crippen LogP contribution in [-0.4, -0.2) is 47.7 Å². The summed E-state index contributed by atoms with van der Waals surface area (Å²) in [6.45, 7) is 0.356. The van der Waals surface area contributed by atoms with E-state index in [0.29, 0.717) is 23.8 Å². The maximum absolute atomic E-state index is 12.7. The Balaban J connectivity index is 1.84. The summed E-state index contributed by atoms with van der Waals surface area (Å²) in [4.78, 5) is 18.6. The van der Waals surface area contributed by atoms with Crippen molar-refractivity contribution in [3.05, 3.63) is 48.2 Å². The van der Waals surface area contributed by atoms with E-state index in [0.717, 1.165) is 24.1 Å². The number of aliphatic hydroxyl groups is 1. The first-order chi connectivity index (χ1) is 11.6. The van der Waals surface area contributed by atoms with Crippen LogP contribution < -0.4 is 4.74 Å². The molecular weight excluding hydrogens is 304 g/mol. The molecule has 2 aromatic rings. The van der Waals surface area contributed by atoms with Crippen LogP contribution in [0, 0.1) is 5.92 Å². The van der Waals surface area contributed by atoms with E-state index in [1.54, 1.807) is 43.5 Å². The summed E-state index contributed by atoms with van der Waals surface area (Å²) in [5.41, 5.74) is 2.09. The molecule has 5 heteroatoms. The average Bonchev–Trinajstić information content (AvgIpc) is 3.46. The van der Waals surface area contributed by atoms with E-state index in [1.807, 2.05) is 18.2 Å². The van der Waals surface area contributed by atoms with Crippen LogP contribution in [0.5, 0.6) is 5.75 Å². The molecule has 1 aromatic heterocycles. The summed E-state index contributed by atoms with van der Waals surface area (Å²) in [5.74, 6) is 0.903. The first kappa shape index (κ1) is 16.5. The summed E-state index contributed by atoms with van der Waals surface area (Å²) in [5, 5.41) is 10.0. The van der Waals surface area contributed by atoms with Gasteiger partial charge in [-0.1, -0.05) is 6.07 Å². The van der Waals surface area contributed by atoms with Crippen molar-refractivity contribution >= 4 is 5.91 Å². The third kappa shape index (κ3) is 3.57. The fraction of sp³-hybridized carbons (Fsp3) is 0.368. The Morgan fingerprint density at radius 1 is 1.38 bits per heavy atom. The molecule has 1 amide bonds. The molecule has 0 bridgehead atoms. The van der Waals surface area contributed by atoms with Gasteiger partial charge >= 0.3 is 0 Å². The predicted octanol–water partition coefficient (Wildman–Crippen LogP) is 2.60. The summed E-state index contributed by atoms with van der Waals surface area (Å²) in [6.07, 6.45) is 3.37. The number of pyridine rings is 1. The van der Waals surface area contributed by atoms with Gasteiger partial charge in [0.15, 0.2) is 0 Å². The largest absolute Gasteiger partial charge is 0.496 e. The lowest BCUT2D eigenvalue weighted by Gasteiger charge is -2.21. The number of rotatable bonds is 6. The summed E-state index contributed by atoms with van der Waals surface area (Å²) in [7, 11) is 3.32. The lowest BCUT2D eigenvalue weighted by atomic mass is 10.0. The minimum atomic E-state index is -0.438. The van der Waals surface area contributed by atoms with Crippen LogP contribution in [0.15, 0.2) is 42.6 Å². The van der Waals surface area contributed by atoms with Crippen molar-refractivity contribution in [3.63, 3.8) is 0 Å². The van der Waals surface area contributed by atoms with Crippen molar-refractivity contribution < 1.29 is 14.6 Å². The van der Waals surface area contributed by atoms with E-state index in [1.165, 1.54) is 0 Å². The highest BCUT2D eigenvalue weighted by molar-refractivity contribution is 5.95. The quantitative estimate of drug-likeness (QED) is 0.886. The number of carbonyl (C=O) groups excluding carboxylic acids is 1. The van der Waals surface area contributed by atoms with Gasteiger partial charge in [-0.2, -0.15) is 0 Å². The van der Waals surface area contributed by atoms with Crippen molar-refractivity contribution in [2.75, 3.05) is 20.7 Å². The normalized spacial score (nSPS) is 15.0. The molecule has 1 N–H and O–H groups in total. The van der Waals surface area contributed by atoms with Gasteiger partial charge in [0, 0.05) is 30.9 Å². The number of aliphatic hydroxyl groups excluding tert-OH is 1. The maximum Gasteiger partial charge on any atom is 0.253 e. The Bertz CT molecular complexity index is 714. The number of benzene rings is 1. The second-order valence-electron chi connectivity index (χ2n) is 6.22. The van der Waals surface area contributed by atoms with Crippen LogP contribution in [0.4, 0.5) is 0 Å². The highest BCUT2D eigenvalue weighted by atomic mass is 16.5. The van der Waals surface area contributed by atoms with Gasteiger partial charge in [-0.25, -0.2) is 0 Å². The molecule has 0 saturated heterocycles. The molecule has 1 aliphatic carbocycles. The number of amides is 1. The lowest BCUT2D eigenvalue weighted by molar-refractivity contribution is 0.0645. The first-order valence-corrected chi connectivity index (χ1v) is 8.13.